The summed E-state index contributed by atoms with van der Waals surface area (Å²) in [5.74, 6) is 2.51. The minimum atomic E-state index is -0.0228. The Labute approximate surface area is 176 Å². The minimum absolute atomic E-state index is 0. The number of hydrogen-bond donors (Lipinski definition) is 1. The fourth-order valence-electron chi connectivity index (χ4n) is 2.81. The third kappa shape index (κ3) is 5.12. The summed E-state index contributed by atoms with van der Waals surface area (Å²) in [4.78, 5) is 13.5. The number of thiophene rings is 1. The number of rotatable bonds is 3. The highest BCUT2D eigenvalue weighted by Gasteiger charge is 2.22. The molecule has 0 unspecified atom stereocenters. The number of oxazole rings is 1. The monoisotopic (exact) mass is 489 g/mol. The van der Waals surface area contributed by atoms with E-state index < -0.39 is 0 Å². The van der Waals surface area contributed by atoms with Gasteiger partial charge in [-0.3, -0.25) is 4.99 Å². The number of hydrogen-bond acceptors (Lipinski definition) is 5. The van der Waals surface area contributed by atoms with Gasteiger partial charge in [-0.1, -0.05) is 20.8 Å². The zero-order valence-electron chi connectivity index (χ0n) is 15.9. The van der Waals surface area contributed by atoms with Crippen LogP contribution < -0.4 is 10.2 Å². The van der Waals surface area contributed by atoms with Crippen LogP contribution in [-0.2, 0) is 12.0 Å². The fraction of sp³-hybridized carbons (Fsp3) is 0.556. The minimum Gasteiger partial charge on any atom is -0.443 e. The molecule has 2 aromatic rings. The zero-order chi connectivity index (χ0) is 17.9. The smallest absolute Gasteiger partial charge is 0.213 e. The third-order valence-corrected chi connectivity index (χ3v) is 5.23. The van der Waals surface area contributed by atoms with Crippen molar-refractivity contribution in [3.8, 4) is 0 Å². The second-order valence-corrected chi connectivity index (χ2v) is 8.12. The lowest BCUT2D eigenvalue weighted by molar-refractivity contribution is 0.360. The summed E-state index contributed by atoms with van der Waals surface area (Å²) in [7, 11) is 1.82. The van der Waals surface area contributed by atoms with Gasteiger partial charge in [-0.25, -0.2) is 4.98 Å². The van der Waals surface area contributed by atoms with E-state index in [1.54, 1.807) is 11.3 Å². The average Bonchev–Trinajstić information content (AvgIpc) is 3.27. The maximum Gasteiger partial charge on any atom is 0.213 e. The quantitative estimate of drug-likeness (QED) is 0.406. The van der Waals surface area contributed by atoms with Crippen molar-refractivity contribution in [3.63, 3.8) is 0 Å². The van der Waals surface area contributed by atoms with Crippen molar-refractivity contribution in [1.82, 2.24) is 15.2 Å². The summed E-state index contributed by atoms with van der Waals surface area (Å²) in [6.07, 6.45) is 1.82. The maximum atomic E-state index is 5.84. The average molecular weight is 489 g/mol. The molecule has 1 saturated heterocycles. The zero-order valence-corrected chi connectivity index (χ0v) is 19.0. The van der Waals surface area contributed by atoms with Crippen LogP contribution in [0.15, 0.2) is 33.1 Å². The van der Waals surface area contributed by atoms with Crippen LogP contribution in [0.5, 0.6) is 0 Å². The Morgan fingerprint density at radius 3 is 2.58 bits per heavy atom. The second-order valence-electron chi connectivity index (χ2n) is 7.19. The molecule has 1 aliphatic heterocycles. The van der Waals surface area contributed by atoms with E-state index in [0.717, 1.165) is 37.9 Å². The number of aliphatic imine (C=N–C) groups is 1. The van der Waals surface area contributed by atoms with E-state index in [4.69, 9.17) is 4.42 Å². The Morgan fingerprint density at radius 1 is 1.31 bits per heavy atom. The molecule has 8 heteroatoms. The molecule has 0 atom stereocenters. The summed E-state index contributed by atoms with van der Waals surface area (Å²) in [5, 5.41) is 6.85. The molecule has 6 nitrogen and oxygen atoms in total. The Bertz CT molecular complexity index is 699. The van der Waals surface area contributed by atoms with Crippen molar-refractivity contribution in [2.24, 2.45) is 4.99 Å². The topological polar surface area (TPSA) is 56.9 Å². The first kappa shape index (κ1) is 21.0. The lowest BCUT2D eigenvalue weighted by Crippen LogP contribution is -2.52. The normalized spacial score (nSPS) is 15.8. The molecule has 0 amide bonds. The first-order valence-electron chi connectivity index (χ1n) is 8.66. The number of nitrogens with one attached hydrogen (secondary N) is 1. The van der Waals surface area contributed by atoms with Crippen molar-refractivity contribution in [3.05, 3.63) is 35.4 Å². The van der Waals surface area contributed by atoms with Gasteiger partial charge < -0.3 is 19.5 Å². The van der Waals surface area contributed by atoms with E-state index in [0.29, 0.717) is 12.4 Å². The summed E-state index contributed by atoms with van der Waals surface area (Å²) in [6, 6.07) is 4.29. The molecular formula is C18H28IN5OS. The number of halogens is 1. The predicted molar refractivity (Wildman–Crippen MR) is 119 cm³/mol. The molecule has 3 heterocycles. The van der Waals surface area contributed by atoms with E-state index >= 15 is 0 Å². The molecule has 1 aliphatic rings. The number of anilines is 1. The van der Waals surface area contributed by atoms with Crippen LogP contribution >= 0.6 is 35.3 Å². The second kappa shape index (κ2) is 9.07. The van der Waals surface area contributed by atoms with Crippen molar-refractivity contribution in [2.45, 2.75) is 32.7 Å². The standard InChI is InChI=1S/C18H27N5OS.HI/c1-18(2,3)14-12-20-15(24-14)13-21-17(19-4)23-9-7-22(8-10-23)16-6-5-11-25-16;/h5-6,11-12H,7-10,13H2,1-4H3,(H,19,21);1H. The summed E-state index contributed by atoms with van der Waals surface area (Å²) < 4.78 is 5.84. The number of piperazine rings is 1. The first-order valence-corrected chi connectivity index (χ1v) is 9.54. The highest BCUT2D eigenvalue weighted by Crippen LogP contribution is 2.23. The van der Waals surface area contributed by atoms with Crippen molar-refractivity contribution < 1.29 is 4.42 Å². The van der Waals surface area contributed by atoms with Gasteiger partial charge >= 0.3 is 0 Å². The van der Waals surface area contributed by atoms with Crippen molar-refractivity contribution in [2.75, 3.05) is 38.1 Å². The molecule has 0 spiro atoms. The van der Waals surface area contributed by atoms with Gasteiger partial charge in [-0.2, -0.15) is 0 Å². The Balaban J connectivity index is 0.00000243. The first-order chi connectivity index (χ1) is 12.0. The largest absolute Gasteiger partial charge is 0.443 e. The van der Waals surface area contributed by atoms with Crippen molar-refractivity contribution >= 4 is 46.3 Å². The summed E-state index contributed by atoms with van der Waals surface area (Å²) in [6.45, 7) is 10.8. The van der Waals surface area contributed by atoms with Gasteiger partial charge in [-0.15, -0.1) is 35.3 Å². The highest BCUT2D eigenvalue weighted by molar-refractivity contribution is 14.0. The predicted octanol–water partition coefficient (Wildman–Crippen LogP) is 3.55. The van der Waals surface area contributed by atoms with Crippen LogP contribution in [0.3, 0.4) is 0 Å². The van der Waals surface area contributed by atoms with E-state index in [1.165, 1.54) is 5.00 Å². The number of nitrogens with zero attached hydrogens (tertiary/aromatic N) is 4. The molecule has 1 N–H and O–H groups in total. The van der Waals surface area contributed by atoms with Gasteiger partial charge in [-0.05, 0) is 17.5 Å². The van der Waals surface area contributed by atoms with E-state index in [1.807, 2.05) is 13.2 Å². The van der Waals surface area contributed by atoms with Crippen LogP contribution in [-0.4, -0.2) is 49.1 Å². The Morgan fingerprint density at radius 2 is 2.04 bits per heavy atom. The lowest BCUT2D eigenvalue weighted by atomic mass is 9.94. The van der Waals surface area contributed by atoms with Gasteiger partial charge in [0.1, 0.15) is 5.76 Å². The highest BCUT2D eigenvalue weighted by atomic mass is 127. The van der Waals surface area contributed by atoms with Crippen molar-refractivity contribution in [1.29, 1.82) is 0 Å². The third-order valence-electron chi connectivity index (χ3n) is 4.30. The maximum absolute atomic E-state index is 5.84. The molecule has 3 rings (SSSR count). The van der Waals surface area contributed by atoms with Crippen LogP contribution in [0.1, 0.15) is 32.4 Å². The number of guanidine groups is 1. The van der Waals surface area contributed by atoms with Crippen LogP contribution in [0, 0.1) is 0 Å². The molecule has 26 heavy (non-hydrogen) atoms. The molecule has 0 saturated carbocycles. The molecule has 2 aromatic heterocycles. The van der Waals surface area contributed by atoms with E-state index in [-0.39, 0.29) is 29.4 Å². The fourth-order valence-corrected chi connectivity index (χ4v) is 3.60. The molecule has 0 aliphatic carbocycles. The Kier molecular flexibility index (Phi) is 7.33. The summed E-state index contributed by atoms with van der Waals surface area (Å²) >= 11 is 1.80. The summed E-state index contributed by atoms with van der Waals surface area (Å²) in [5.41, 5.74) is -0.0228. The van der Waals surface area contributed by atoms with Gasteiger partial charge in [0.05, 0.1) is 17.7 Å². The van der Waals surface area contributed by atoms with Crippen LogP contribution in [0.25, 0.3) is 0 Å². The molecule has 144 valence electrons. The molecule has 0 aromatic carbocycles. The molecule has 0 radical (unpaired) electrons. The molecular weight excluding hydrogens is 461 g/mol. The van der Waals surface area contributed by atoms with Gasteiger partial charge in [0.25, 0.3) is 0 Å². The SMILES string of the molecule is CN=C(NCc1ncc(C(C)(C)C)o1)N1CCN(c2cccs2)CC1.I. The molecule has 1 fully saturated rings. The lowest BCUT2D eigenvalue weighted by Gasteiger charge is -2.36. The van der Waals surface area contributed by atoms with Gasteiger partial charge in [0.2, 0.25) is 5.89 Å². The number of aromatic nitrogens is 1. The van der Waals surface area contributed by atoms with E-state index in [2.05, 4.69) is 63.4 Å². The molecule has 0 bridgehead atoms. The van der Waals surface area contributed by atoms with Crippen LogP contribution in [0.4, 0.5) is 5.00 Å². The van der Waals surface area contributed by atoms with Gasteiger partial charge in [0.15, 0.2) is 5.96 Å². The van der Waals surface area contributed by atoms with E-state index in [9.17, 15) is 0 Å². The Hall–Kier alpha value is -1.29. The van der Waals surface area contributed by atoms with Crippen LogP contribution in [0.2, 0.25) is 0 Å². The van der Waals surface area contributed by atoms with Gasteiger partial charge in [0, 0.05) is 38.6 Å².